The maximum Gasteiger partial charge on any atom is 0.330 e. The van der Waals surface area contributed by atoms with Gasteiger partial charge >= 0.3 is 8.60 Å². The Bertz CT molecular complexity index is 1410. The predicted molar refractivity (Wildman–Crippen MR) is 201 cm³/mol. The van der Waals surface area contributed by atoms with Crippen LogP contribution in [0.15, 0.2) is 36.7 Å². The highest BCUT2D eigenvalue weighted by Gasteiger charge is 2.18. The zero-order valence-electron chi connectivity index (χ0n) is 30.9. The van der Waals surface area contributed by atoms with Crippen molar-refractivity contribution < 1.29 is 27.8 Å². The molecule has 0 amide bonds. The molecule has 51 heavy (non-hydrogen) atoms. The lowest BCUT2D eigenvalue weighted by atomic mass is 10.0. The molecule has 0 spiro atoms. The van der Waals surface area contributed by atoms with Crippen LogP contribution in [0.2, 0.25) is 0 Å². The standard InChI is InChI=1S/C39H61FN5O5P/c1-3-4-5-6-7-8-9-10-11-12-13-14-15-16-17-18-19-37(48-28-33-24-32(27-41)25-34(40)26-33)30-50-51(46)49-29-36(47-2)22-20-35-21-23-38-39(42)43-31-44-45(35)38/h21,23-26,31,36-37,46H,3-20,22,28-30H2,1-2H3,(H2,42,43,44). The Morgan fingerprint density at radius 3 is 2.08 bits per heavy atom. The molecule has 0 saturated carbocycles. The molecule has 3 N–H and O–H groups in total. The van der Waals surface area contributed by atoms with E-state index < -0.39 is 14.4 Å². The van der Waals surface area contributed by atoms with Gasteiger partial charge in [-0.05, 0) is 55.2 Å². The van der Waals surface area contributed by atoms with Gasteiger partial charge in [-0.3, -0.25) is 0 Å². The second-order valence-electron chi connectivity index (χ2n) is 13.5. The Hall–Kier alpha value is -2.71. The summed E-state index contributed by atoms with van der Waals surface area (Å²) in [6, 6.07) is 10.0. The summed E-state index contributed by atoms with van der Waals surface area (Å²) >= 11 is 0. The van der Waals surface area contributed by atoms with E-state index in [1.807, 2.05) is 18.2 Å². The number of rotatable bonds is 30. The lowest BCUT2D eigenvalue weighted by molar-refractivity contribution is -0.00535. The fraction of sp³-hybridized carbons (Fsp3) is 0.667. The van der Waals surface area contributed by atoms with Crippen LogP contribution in [0.3, 0.4) is 0 Å². The van der Waals surface area contributed by atoms with Crippen molar-refractivity contribution in [2.75, 3.05) is 26.1 Å². The highest BCUT2D eigenvalue weighted by atomic mass is 31.2. The number of hydrogen-bond acceptors (Lipinski definition) is 9. The van der Waals surface area contributed by atoms with E-state index in [1.165, 1.54) is 108 Å². The van der Waals surface area contributed by atoms with Gasteiger partial charge in [-0.2, -0.15) is 10.4 Å². The van der Waals surface area contributed by atoms with E-state index in [4.69, 9.17) is 24.3 Å². The van der Waals surface area contributed by atoms with Crippen molar-refractivity contribution in [3.05, 3.63) is 59.3 Å². The molecule has 0 aliphatic heterocycles. The fourth-order valence-electron chi connectivity index (χ4n) is 6.25. The van der Waals surface area contributed by atoms with Crippen molar-refractivity contribution >= 4 is 19.9 Å². The van der Waals surface area contributed by atoms with Crippen LogP contribution in [0, 0.1) is 17.1 Å². The first-order valence-electron chi connectivity index (χ1n) is 19.1. The molecule has 0 aliphatic carbocycles. The normalized spacial score (nSPS) is 13.4. The number of nitriles is 1. The third kappa shape index (κ3) is 17.6. The summed E-state index contributed by atoms with van der Waals surface area (Å²) in [6.07, 6.45) is 23.7. The summed E-state index contributed by atoms with van der Waals surface area (Å²) < 4.78 is 38.8. The first kappa shape index (κ1) is 42.7. The Morgan fingerprint density at radius 1 is 0.863 bits per heavy atom. The molecule has 0 radical (unpaired) electrons. The van der Waals surface area contributed by atoms with Gasteiger partial charge in [0.25, 0.3) is 0 Å². The number of benzene rings is 1. The first-order chi connectivity index (χ1) is 24.9. The number of aryl methyl sites for hydroxylation is 1. The maximum absolute atomic E-state index is 14.0. The Morgan fingerprint density at radius 2 is 1.47 bits per heavy atom. The number of nitrogens with two attached hydrogens (primary N) is 1. The number of ether oxygens (including phenoxy) is 2. The fourth-order valence-corrected chi connectivity index (χ4v) is 6.91. The largest absolute Gasteiger partial charge is 0.382 e. The maximum atomic E-state index is 14.0. The van der Waals surface area contributed by atoms with Crippen LogP contribution in [0.25, 0.3) is 5.52 Å². The lowest BCUT2D eigenvalue weighted by Crippen LogP contribution is -2.21. The molecular weight excluding hydrogens is 668 g/mol. The van der Waals surface area contributed by atoms with Gasteiger partial charge in [0.05, 0.1) is 43.7 Å². The molecule has 12 heteroatoms. The first-order valence-corrected chi connectivity index (χ1v) is 20.2. The molecule has 0 fully saturated rings. The number of halogens is 1. The predicted octanol–water partition coefficient (Wildman–Crippen LogP) is 9.76. The molecular formula is C39H61FN5O5P. The zero-order valence-corrected chi connectivity index (χ0v) is 31.8. The van der Waals surface area contributed by atoms with Gasteiger partial charge in [0.1, 0.15) is 17.7 Å². The number of methoxy groups -OCH3 is 1. The second-order valence-corrected chi connectivity index (χ2v) is 14.5. The van der Waals surface area contributed by atoms with Gasteiger partial charge in [0, 0.05) is 12.8 Å². The van der Waals surface area contributed by atoms with E-state index in [0.29, 0.717) is 24.2 Å². The monoisotopic (exact) mass is 729 g/mol. The minimum absolute atomic E-state index is 0.135. The van der Waals surface area contributed by atoms with Crippen molar-refractivity contribution in [3.8, 4) is 6.07 Å². The average Bonchev–Trinajstić information content (AvgIpc) is 3.56. The van der Waals surface area contributed by atoms with Crippen LogP contribution in [0.4, 0.5) is 10.2 Å². The van der Waals surface area contributed by atoms with E-state index in [-0.39, 0.29) is 37.6 Å². The van der Waals surface area contributed by atoms with Crippen molar-refractivity contribution in [3.63, 3.8) is 0 Å². The SMILES string of the molecule is CCCCCCCCCCCCCCCCCCC(COP(O)OCC(CCc1ccc2c(N)ncnn12)OC)OCc1cc(F)cc(C#N)c1. The van der Waals surface area contributed by atoms with Crippen LogP contribution in [0.1, 0.15) is 139 Å². The summed E-state index contributed by atoms with van der Waals surface area (Å²) in [5.74, 6) is -0.0494. The van der Waals surface area contributed by atoms with Crippen LogP contribution in [-0.4, -0.2) is 52.0 Å². The Labute approximate surface area is 306 Å². The van der Waals surface area contributed by atoms with Crippen molar-refractivity contribution in [1.29, 1.82) is 5.26 Å². The van der Waals surface area contributed by atoms with E-state index in [2.05, 4.69) is 17.0 Å². The molecule has 3 unspecified atom stereocenters. The number of anilines is 1. The molecule has 3 atom stereocenters. The van der Waals surface area contributed by atoms with Crippen molar-refractivity contribution in [1.82, 2.24) is 14.6 Å². The number of fused-ring (bicyclic) bond motifs is 1. The Balaban J connectivity index is 1.34. The molecule has 0 saturated heterocycles. The van der Waals surface area contributed by atoms with E-state index in [1.54, 1.807) is 17.7 Å². The molecule has 0 bridgehead atoms. The van der Waals surface area contributed by atoms with Gasteiger partial charge in [-0.15, -0.1) is 0 Å². The van der Waals surface area contributed by atoms with Gasteiger partial charge in [0.2, 0.25) is 0 Å². The molecule has 2 aromatic heterocycles. The van der Waals surface area contributed by atoms with Crippen molar-refractivity contribution in [2.45, 2.75) is 148 Å². The lowest BCUT2D eigenvalue weighted by Gasteiger charge is -2.21. The van der Waals surface area contributed by atoms with Gasteiger partial charge in [-0.25, -0.2) is 13.9 Å². The molecule has 10 nitrogen and oxygen atoms in total. The summed E-state index contributed by atoms with van der Waals surface area (Å²) in [5.41, 5.74) is 8.50. The van der Waals surface area contributed by atoms with Crippen molar-refractivity contribution in [2.24, 2.45) is 0 Å². The molecule has 3 aromatic rings. The molecule has 0 aliphatic rings. The topological polar surface area (TPSA) is 137 Å². The van der Waals surface area contributed by atoms with Gasteiger partial charge in [0.15, 0.2) is 5.82 Å². The third-order valence-corrected chi connectivity index (χ3v) is 10.0. The zero-order chi connectivity index (χ0) is 36.5. The summed E-state index contributed by atoms with van der Waals surface area (Å²) in [6.45, 7) is 2.70. The number of aromatic nitrogens is 3. The van der Waals surface area contributed by atoms with Crippen LogP contribution in [0.5, 0.6) is 0 Å². The van der Waals surface area contributed by atoms with Crippen LogP contribution in [-0.2, 0) is 31.5 Å². The summed E-state index contributed by atoms with van der Waals surface area (Å²) in [5, 5.41) is 13.5. The third-order valence-electron chi connectivity index (χ3n) is 9.31. The minimum atomic E-state index is -2.16. The highest BCUT2D eigenvalue weighted by molar-refractivity contribution is 7.40. The van der Waals surface area contributed by atoms with Gasteiger partial charge < -0.3 is 29.1 Å². The summed E-state index contributed by atoms with van der Waals surface area (Å²) in [4.78, 5) is 14.6. The number of hydrogen-bond donors (Lipinski definition) is 2. The highest BCUT2D eigenvalue weighted by Crippen LogP contribution is 2.34. The smallest absolute Gasteiger partial charge is 0.330 e. The van der Waals surface area contributed by atoms with E-state index >= 15 is 0 Å². The Kier molecular flexibility index (Phi) is 21.9. The molecule has 2 heterocycles. The van der Waals surface area contributed by atoms with E-state index in [9.17, 15) is 14.5 Å². The minimum Gasteiger partial charge on any atom is -0.382 e. The number of unbranched alkanes of at least 4 members (excludes halogenated alkanes) is 15. The number of nitrogens with zero attached hydrogens (tertiary/aromatic N) is 4. The number of nitrogen functional groups attached to an aromatic ring is 1. The quantitative estimate of drug-likeness (QED) is 0.0507. The summed E-state index contributed by atoms with van der Waals surface area (Å²) in [7, 11) is -0.554. The molecule has 284 valence electrons. The van der Waals surface area contributed by atoms with Crippen LogP contribution >= 0.6 is 8.60 Å². The van der Waals surface area contributed by atoms with Gasteiger partial charge in [-0.1, -0.05) is 110 Å². The second kappa shape index (κ2) is 26.1. The molecule has 3 rings (SSSR count). The molecule has 1 aromatic carbocycles. The van der Waals surface area contributed by atoms with Crippen LogP contribution < -0.4 is 5.73 Å². The average molecular weight is 730 g/mol. The van der Waals surface area contributed by atoms with E-state index in [0.717, 1.165) is 30.5 Å².